The molecule has 1 atom stereocenters. The molecule has 2 aromatic carbocycles. The molecule has 0 fully saturated rings. The SMILES string of the molecule is COc1ccc(CNC2COc3ccccc32)cc1Br. The Bertz CT molecular complexity index is 615. The van der Waals surface area contributed by atoms with Gasteiger partial charge < -0.3 is 14.8 Å². The maximum atomic E-state index is 5.67. The Morgan fingerprint density at radius 1 is 1.30 bits per heavy atom. The van der Waals surface area contributed by atoms with Crippen molar-refractivity contribution in [2.75, 3.05) is 13.7 Å². The zero-order valence-corrected chi connectivity index (χ0v) is 12.8. The summed E-state index contributed by atoms with van der Waals surface area (Å²) in [7, 11) is 1.67. The smallest absolute Gasteiger partial charge is 0.133 e. The number of hydrogen-bond donors (Lipinski definition) is 1. The van der Waals surface area contributed by atoms with Crippen molar-refractivity contribution in [2.45, 2.75) is 12.6 Å². The minimum atomic E-state index is 0.257. The van der Waals surface area contributed by atoms with Crippen LogP contribution in [-0.2, 0) is 6.54 Å². The molecule has 0 aromatic heterocycles. The lowest BCUT2D eigenvalue weighted by Crippen LogP contribution is -2.21. The normalized spacial score (nSPS) is 16.6. The predicted molar refractivity (Wildman–Crippen MR) is 82.2 cm³/mol. The Labute approximate surface area is 127 Å². The van der Waals surface area contributed by atoms with Gasteiger partial charge >= 0.3 is 0 Å². The average Bonchev–Trinajstić information content (AvgIpc) is 2.88. The van der Waals surface area contributed by atoms with E-state index in [2.05, 4.69) is 39.4 Å². The summed E-state index contributed by atoms with van der Waals surface area (Å²) in [6.45, 7) is 1.49. The number of hydrogen-bond acceptors (Lipinski definition) is 3. The number of para-hydroxylation sites is 1. The molecule has 1 aliphatic rings. The van der Waals surface area contributed by atoms with Crippen molar-refractivity contribution in [3.05, 3.63) is 58.1 Å². The Kier molecular flexibility index (Phi) is 3.94. The van der Waals surface area contributed by atoms with Crippen LogP contribution in [0.1, 0.15) is 17.2 Å². The van der Waals surface area contributed by atoms with Crippen LogP contribution in [0.2, 0.25) is 0 Å². The topological polar surface area (TPSA) is 30.5 Å². The monoisotopic (exact) mass is 333 g/mol. The molecule has 3 rings (SSSR count). The molecule has 0 saturated heterocycles. The molecule has 1 aliphatic heterocycles. The number of ether oxygens (including phenoxy) is 2. The highest BCUT2D eigenvalue weighted by atomic mass is 79.9. The summed E-state index contributed by atoms with van der Waals surface area (Å²) >= 11 is 3.51. The average molecular weight is 334 g/mol. The molecule has 0 saturated carbocycles. The first-order valence-corrected chi connectivity index (χ1v) is 7.35. The van der Waals surface area contributed by atoms with Crippen LogP contribution in [0.5, 0.6) is 11.5 Å². The molecule has 104 valence electrons. The van der Waals surface area contributed by atoms with Crippen LogP contribution in [0.4, 0.5) is 0 Å². The number of nitrogens with one attached hydrogen (secondary N) is 1. The molecule has 1 heterocycles. The fourth-order valence-electron chi connectivity index (χ4n) is 2.39. The first-order valence-electron chi connectivity index (χ1n) is 6.55. The summed E-state index contributed by atoms with van der Waals surface area (Å²) in [6, 6.07) is 14.6. The number of rotatable bonds is 4. The second-order valence-corrected chi connectivity index (χ2v) is 5.61. The summed E-state index contributed by atoms with van der Waals surface area (Å²) in [5, 5.41) is 3.53. The summed E-state index contributed by atoms with van der Waals surface area (Å²) < 4.78 is 11.9. The number of benzene rings is 2. The number of halogens is 1. The van der Waals surface area contributed by atoms with Crippen LogP contribution < -0.4 is 14.8 Å². The molecule has 0 amide bonds. The van der Waals surface area contributed by atoms with Crippen molar-refractivity contribution in [1.82, 2.24) is 5.32 Å². The summed E-state index contributed by atoms with van der Waals surface area (Å²) in [5.41, 5.74) is 2.45. The molecule has 3 nitrogen and oxygen atoms in total. The maximum Gasteiger partial charge on any atom is 0.133 e. The number of methoxy groups -OCH3 is 1. The van der Waals surface area contributed by atoms with E-state index in [1.807, 2.05) is 24.3 Å². The van der Waals surface area contributed by atoms with Crippen LogP contribution in [0.25, 0.3) is 0 Å². The molecule has 20 heavy (non-hydrogen) atoms. The Morgan fingerprint density at radius 2 is 2.15 bits per heavy atom. The second-order valence-electron chi connectivity index (χ2n) is 4.75. The quantitative estimate of drug-likeness (QED) is 0.925. The van der Waals surface area contributed by atoms with Gasteiger partial charge in [-0.15, -0.1) is 0 Å². The van der Waals surface area contributed by atoms with Gasteiger partial charge in [-0.3, -0.25) is 0 Å². The highest BCUT2D eigenvalue weighted by Crippen LogP contribution is 2.32. The summed E-state index contributed by atoms with van der Waals surface area (Å²) in [5.74, 6) is 1.84. The van der Waals surface area contributed by atoms with Gasteiger partial charge in [0.15, 0.2) is 0 Å². The molecule has 0 bridgehead atoms. The highest BCUT2D eigenvalue weighted by molar-refractivity contribution is 9.10. The summed E-state index contributed by atoms with van der Waals surface area (Å²) in [6.07, 6.45) is 0. The van der Waals surface area contributed by atoms with E-state index < -0.39 is 0 Å². The van der Waals surface area contributed by atoms with Gasteiger partial charge in [0.05, 0.1) is 17.6 Å². The highest BCUT2D eigenvalue weighted by Gasteiger charge is 2.22. The third-order valence-corrected chi connectivity index (χ3v) is 4.09. The van der Waals surface area contributed by atoms with Gasteiger partial charge in [-0.2, -0.15) is 0 Å². The zero-order valence-electron chi connectivity index (χ0n) is 11.2. The van der Waals surface area contributed by atoms with E-state index in [-0.39, 0.29) is 6.04 Å². The molecule has 2 aromatic rings. The molecule has 0 spiro atoms. The van der Waals surface area contributed by atoms with Crippen molar-refractivity contribution in [2.24, 2.45) is 0 Å². The van der Waals surface area contributed by atoms with E-state index in [0.717, 1.165) is 22.5 Å². The second kappa shape index (κ2) is 5.85. The summed E-state index contributed by atoms with van der Waals surface area (Å²) in [4.78, 5) is 0. The third-order valence-electron chi connectivity index (χ3n) is 3.47. The van der Waals surface area contributed by atoms with Gasteiger partial charge in [0, 0.05) is 12.1 Å². The standard InChI is InChI=1S/C16H16BrNO2/c1-19-16-7-6-11(8-13(16)17)9-18-14-10-20-15-5-3-2-4-12(14)15/h2-8,14,18H,9-10H2,1H3. The maximum absolute atomic E-state index is 5.67. The van der Waals surface area contributed by atoms with Crippen molar-refractivity contribution in [3.63, 3.8) is 0 Å². The molecule has 4 heteroatoms. The Hall–Kier alpha value is -1.52. The number of fused-ring (bicyclic) bond motifs is 1. The van der Waals surface area contributed by atoms with Gasteiger partial charge in [-0.05, 0) is 39.7 Å². The van der Waals surface area contributed by atoms with Gasteiger partial charge in [0.25, 0.3) is 0 Å². The van der Waals surface area contributed by atoms with Crippen LogP contribution >= 0.6 is 15.9 Å². The molecule has 0 aliphatic carbocycles. The van der Waals surface area contributed by atoms with E-state index in [1.165, 1.54) is 11.1 Å². The third kappa shape index (κ3) is 2.67. The molecule has 1 N–H and O–H groups in total. The van der Waals surface area contributed by atoms with Crippen LogP contribution in [-0.4, -0.2) is 13.7 Å². The molecule has 1 unspecified atom stereocenters. The van der Waals surface area contributed by atoms with E-state index in [4.69, 9.17) is 9.47 Å². The fraction of sp³-hybridized carbons (Fsp3) is 0.250. The molecule has 0 radical (unpaired) electrons. The van der Waals surface area contributed by atoms with E-state index in [9.17, 15) is 0 Å². The van der Waals surface area contributed by atoms with E-state index in [1.54, 1.807) is 7.11 Å². The van der Waals surface area contributed by atoms with Crippen LogP contribution in [0, 0.1) is 0 Å². The minimum Gasteiger partial charge on any atom is -0.496 e. The largest absolute Gasteiger partial charge is 0.496 e. The van der Waals surface area contributed by atoms with E-state index >= 15 is 0 Å². The van der Waals surface area contributed by atoms with Gasteiger partial charge in [-0.1, -0.05) is 24.3 Å². The molecular formula is C16H16BrNO2. The first-order chi connectivity index (χ1) is 9.78. The lowest BCUT2D eigenvalue weighted by Gasteiger charge is -2.12. The van der Waals surface area contributed by atoms with E-state index in [0.29, 0.717) is 6.61 Å². The Balaban J connectivity index is 1.67. The zero-order chi connectivity index (χ0) is 13.9. The van der Waals surface area contributed by atoms with Crippen LogP contribution in [0.15, 0.2) is 46.9 Å². The fourth-order valence-corrected chi connectivity index (χ4v) is 2.98. The Morgan fingerprint density at radius 3 is 2.95 bits per heavy atom. The van der Waals surface area contributed by atoms with Crippen molar-refractivity contribution < 1.29 is 9.47 Å². The van der Waals surface area contributed by atoms with Crippen LogP contribution in [0.3, 0.4) is 0 Å². The lowest BCUT2D eigenvalue weighted by atomic mass is 10.1. The van der Waals surface area contributed by atoms with Crippen molar-refractivity contribution >= 4 is 15.9 Å². The minimum absolute atomic E-state index is 0.257. The van der Waals surface area contributed by atoms with Gasteiger partial charge in [-0.25, -0.2) is 0 Å². The van der Waals surface area contributed by atoms with Gasteiger partial charge in [0.2, 0.25) is 0 Å². The van der Waals surface area contributed by atoms with Crippen molar-refractivity contribution in [3.8, 4) is 11.5 Å². The first kappa shape index (κ1) is 13.5. The lowest BCUT2D eigenvalue weighted by molar-refractivity contribution is 0.310. The van der Waals surface area contributed by atoms with Gasteiger partial charge in [0.1, 0.15) is 18.1 Å². The van der Waals surface area contributed by atoms with Crippen molar-refractivity contribution in [1.29, 1.82) is 0 Å². The predicted octanol–water partition coefficient (Wildman–Crippen LogP) is 3.68. The molecular weight excluding hydrogens is 318 g/mol.